The third-order valence-electron chi connectivity index (χ3n) is 4.69. The number of nitrogens with zero attached hydrogens (tertiary/aromatic N) is 2. The van der Waals surface area contributed by atoms with Crippen LogP contribution in [0.5, 0.6) is 0 Å². The zero-order valence-electron chi connectivity index (χ0n) is 16.7. The second-order valence-corrected chi connectivity index (χ2v) is 8.53. The maximum absolute atomic E-state index is 12.6. The average Bonchev–Trinajstić information content (AvgIpc) is 2.76. The van der Waals surface area contributed by atoms with Crippen molar-refractivity contribution >= 4 is 21.7 Å². The number of sulfonamides is 1. The van der Waals surface area contributed by atoms with Gasteiger partial charge in [-0.15, -0.1) is 0 Å². The Hall–Kier alpha value is -2.85. The Balaban J connectivity index is 1.99. The van der Waals surface area contributed by atoms with Crippen LogP contribution < -0.4 is 4.72 Å². The smallest absolute Gasteiger partial charge is 0.305 e. The van der Waals surface area contributed by atoms with E-state index in [0.717, 1.165) is 37.0 Å². The Morgan fingerprint density at radius 2 is 1.93 bits per heavy atom. The second kappa shape index (κ2) is 11.4. The number of unbranched alkanes of at least 4 members (excludes halogenated alkanes) is 2. The van der Waals surface area contributed by atoms with E-state index >= 15 is 0 Å². The van der Waals surface area contributed by atoms with E-state index in [4.69, 9.17) is 0 Å². The Morgan fingerprint density at radius 3 is 2.53 bits per heavy atom. The van der Waals surface area contributed by atoms with E-state index in [9.17, 15) is 23.3 Å². The molecule has 10 heteroatoms. The minimum absolute atomic E-state index is 0.0314. The van der Waals surface area contributed by atoms with Crippen LogP contribution in [0.4, 0.5) is 5.69 Å². The average molecular weight is 436 g/mol. The molecule has 0 aliphatic carbocycles. The topological polar surface area (TPSA) is 128 Å². The first-order valence-corrected chi connectivity index (χ1v) is 11.0. The number of methoxy groups -OCH3 is 1. The predicted octanol–water partition coefficient (Wildman–Crippen LogP) is 3.18. The molecule has 0 spiro atoms. The number of ether oxygens (including phenoxy) is 1. The molecule has 1 heterocycles. The fourth-order valence-electron chi connectivity index (χ4n) is 2.98. The van der Waals surface area contributed by atoms with Crippen LogP contribution in [-0.4, -0.2) is 37.9 Å². The van der Waals surface area contributed by atoms with Gasteiger partial charge in [0.05, 0.1) is 16.9 Å². The summed E-state index contributed by atoms with van der Waals surface area (Å²) < 4.78 is 32.4. The maximum atomic E-state index is 12.6. The normalized spacial score (nSPS) is 12.3. The molecule has 0 fully saturated rings. The predicted molar refractivity (Wildman–Crippen MR) is 110 cm³/mol. The van der Waals surface area contributed by atoms with Crippen LogP contribution in [0.25, 0.3) is 0 Å². The number of carbonyl (C=O) groups is 1. The van der Waals surface area contributed by atoms with Crippen molar-refractivity contribution in [2.75, 3.05) is 13.7 Å². The first-order chi connectivity index (χ1) is 14.3. The minimum Gasteiger partial charge on any atom is -0.469 e. The number of esters is 1. The maximum Gasteiger partial charge on any atom is 0.305 e. The van der Waals surface area contributed by atoms with Crippen LogP contribution in [0.1, 0.15) is 43.6 Å². The number of hydrogen-bond acceptors (Lipinski definition) is 7. The van der Waals surface area contributed by atoms with Gasteiger partial charge < -0.3 is 4.74 Å². The summed E-state index contributed by atoms with van der Waals surface area (Å²) in [5.74, 6) is -0.334. The van der Waals surface area contributed by atoms with Gasteiger partial charge in [-0.25, -0.2) is 13.1 Å². The number of benzene rings is 1. The van der Waals surface area contributed by atoms with E-state index in [1.54, 1.807) is 18.5 Å². The van der Waals surface area contributed by atoms with Crippen molar-refractivity contribution in [3.8, 4) is 0 Å². The zero-order valence-corrected chi connectivity index (χ0v) is 17.5. The number of non-ortho nitro benzene ring substituents is 1. The molecule has 0 bridgehead atoms. The Kier molecular flexibility index (Phi) is 8.88. The summed E-state index contributed by atoms with van der Waals surface area (Å²) in [4.78, 5) is 25.4. The Bertz CT molecular complexity index is 933. The molecule has 0 radical (unpaired) electrons. The van der Waals surface area contributed by atoms with E-state index in [1.807, 2.05) is 6.07 Å². The fraction of sp³-hybridized carbons (Fsp3) is 0.400. The number of hydrogen-bond donors (Lipinski definition) is 1. The van der Waals surface area contributed by atoms with E-state index in [2.05, 4.69) is 14.4 Å². The third-order valence-corrected chi connectivity index (χ3v) is 6.13. The Labute approximate surface area is 175 Å². The molecule has 0 saturated heterocycles. The summed E-state index contributed by atoms with van der Waals surface area (Å²) >= 11 is 0. The Morgan fingerprint density at radius 1 is 1.20 bits per heavy atom. The van der Waals surface area contributed by atoms with Crippen LogP contribution in [0.3, 0.4) is 0 Å². The standard InChI is InChI=1S/C20H25N3O6S/c1-29-20(24)8-4-2-3-6-17(16-7-5-13-21-14-16)15-22-30(27,28)19-11-9-18(10-12-19)23(25)26/h5,7,9-14,17,22H,2-4,6,8,15H2,1H3. The van der Waals surface area contributed by atoms with Gasteiger partial charge in [-0.3, -0.25) is 19.9 Å². The monoisotopic (exact) mass is 435 g/mol. The molecule has 0 aliphatic rings. The van der Waals surface area contributed by atoms with E-state index < -0.39 is 14.9 Å². The summed E-state index contributed by atoms with van der Waals surface area (Å²) in [6.07, 6.45) is 6.78. The van der Waals surface area contributed by atoms with Crippen molar-refractivity contribution in [2.24, 2.45) is 0 Å². The summed E-state index contributed by atoms with van der Waals surface area (Å²) in [5.41, 5.74) is 0.742. The molecule has 1 unspecified atom stereocenters. The van der Waals surface area contributed by atoms with E-state index in [0.29, 0.717) is 12.8 Å². The molecule has 1 N–H and O–H groups in total. The fourth-order valence-corrected chi connectivity index (χ4v) is 4.07. The van der Waals surface area contributed by atoms with Crippen LogP contribution in [0.15, 0.2) is 53.7 Å². The summed E-state index contributed by atoms with van der Waals surface area (Å²) in [6.45, 7) is 0.169. The quantitative estimate of drug-likeness (QED) is 0.235. The van der Waals surface area contributed by atoms with E-state index in [-0.39, 0.29) is 29.0 Å². The molecular weight excluding hydrogens is 410 g/mol. The first-order valence-electron chi connectivity index (χ1n) is 9.54. The number of nitro groups is 1. The lowest BCUT2D eigenvalue weighted by Gasteiger charge is -2.18. The lowest BCUT2D eigenvalue weighted by Crippen LogP contribution is -2.28. The van der Waals surface area contributed by atoms with Gasteiger partial charge in [0.2, 0.25) is 10.0 Å². The molecule has 1 atom stereocenters. The second-order valence-electron chi connectivity index (χ2n) is 6.76. The largest absolute Gasteiger partial charge is 0.469 e. The minimum atomic E-state index is -3.81. The number of rotatable bonds is 12. The van der Waals surface area contributed by atoms with Gasteiger partial charge in [0.1, 0.15) is 0 Å². The van der Waals surface area contributed by atoms with Gasteiger partial charge in [-0.1, -0.05) is 18.9 Å². The molecule has 2 rings (SSSR count). The lowest BCUT2D eigenvalue weighted by atomic mass is 9.94. The van der Waals surface area contributed by atoms with Crippen LogP contribution in [0, 0.1) is 10.1 Å². The number of aromatic nitrogens is 1. The van der Waals surface area contributed by atoms with Gasteiger partial charge >= 0.3 is 5.97 Å². The summed E-state index contributed by atoms with van der Waals surface area (Å²) in [5, 5.41) is 10.7. The molecule has 2 aromatic rings. The molecule has 9 nitrogen and oxygen atoms in total. The zero-order chi connectivity index (χ0) is 22.0. The highest BCUT2D eigenvalue weighted by molar-refractivity contribution is 7.89. The molecule has 0 saturated carbocycles. The summed E-state index contributed by atoms with van der Waals surface area (Å²) in [7, 11) is -2.45. The first kappa shape index (κ1) is 23.4. The van der Waals surface area contributed by atoms with Crippen LogP contribution in [-0.2, 0) is 19.6 Å². The van der Waals surface area contributed by atoms with E-state index in [1.165, 1.54) is 19.2 Å². The molecule has 0 aliphatic heterocycles. The highest BCUT2D eigenvalue weighted by atomic mass is 32.2. The van der Waals surface area contributed by atoms with Crippen LogP contribution >= 0.6 is 0 Å². The van der Waals surface area contributed by atoms with Gasteiger partial charge in [-0.2, -0.15) is 0 Å². The van der Waals surface area contributed by atoms with Crippen molar-refractivity contribution < 1.29 is 22.9 Å². The lowest BCUT2D eigenvalue weighted by molar-refractivity contribution is -0.384. The highest BCUT2D eigenvalue weighted by Crippen LogP contribution is 2.23. The molecule has 0 amide bonds. The molecular formula is C20H25N3O6S. The number of nitro benzene ring substituents is 1. The van der Waals surface area contributed by atoms with Crippen molar-refractivity contribution in [3.63, 3.8) is 0 Å². The number of carbonyl (C=O) groups excluding carboxylic acids is 1. The van der Waals surface area contributed by atoms with Gasteiger partial charge in [-0.05, 0) is 42.5 Å². The van der Waals surface area contributed by atoms with Gasteiger partial charge in [0.25, 0.3) is 5.69 Å². The number of pyridine rings is 1. The van der Waals surface area contributed by atoms with Crippen molar-refractivity contribution in [3.05, 3.63) is 64.5 Å². The van der Waals surface area contributed by atoms with Crippen molar-refractivity contribution in [1.82, 2.24) is 9.71 Å². The summed E-state index contributed by atoms with van der Waals surface area (Å²) in [6, 6.07) is 8.44. The van der Waals surface area contributed by atoms with Crippen LogP contribution in [0.2, 0.25) is 0 Å². The molecule has 1 aromatic heterocycles. The van der Waals surface area contributed by atoms with Gasteiger partial charge in [0, 0.05) is 37.5 Å². The molecule has 162 valence electrons. The third kappa shape index (κ3) is 7.20. The number of nitrogens with one attached hydrogen (secondary N) is 1. The van der Waals surface area contributed by atoms with Crippen molar-refractivity contribution in [2.45, 2.75) is 42.9 Å². The molecule has 30 heavy (non-hydrogen) atoms. The SMILES string of the molecule is COC(=O)CCCCCC(CNS(=O)(=O)c1ccc([N+](=O)[O-])cc1)c1cccnc1. The van der Waals surface area contributed by atoms with Crippen molar-refractivity contribution in [1.29, 1.82) is 0 Å². The van der Waals surface area contributed by atoms with Gasteiger partial charge in [0.15, 0.2) is 0 Å². The highest BCUT2D eigenvalue weighted by Gasteiger charge is 2.19. The molecule has 1 aromatic carbocycles.